The Morgan fingerprint density at radius 2 is 1.28 bits per heavy atom. The highest BCUT2D eigenvalue weighted by Gasteiger charge is 2.44. The van der Waals surface area contributed by atoms with Crippen LogP contribution in [-0.4, -0.2) is 110 Å². The second-order valence-corrected chi connectivity index (χ2v) is 12.6. The summed E-state index contributed by atoms with van der Waals surface area (Å²) in [5, 5.41) is 74.7. The number of aliphatic hydroxyl groups excluding tert-OH is 7. The van der Waals surface area contributed by atoms with Crippen molar-refractivity contribution in [1.82, 2.24) is 5.32 Å². The molecule has 270 valence electrons. The molecule has 1 aliphatic rings. The van der Waals surface area contributed by atoms with Gasteiger partial charge in [-0.15, -0.1) is 0 Å². The number of nitrogens with one attached hydrogen (secondary N) is 1. The molecule has 0 aromatic carbocycles. The van der Waals surface area contributed by atoms with Crippen LogP contribution in [0.2, 0.25) is 0 Å². The van der Waals surface area contributed by atoms with Crippen LogP contribution < -0.4 is 5.32 Å². The van der Waals surface area contributed by atoms with E-state index in [9.17, 15) is 40.5 Å². The minimum Gasteiger partial charge on any atom is -0.394 e. The van der Waals surface area contributed by atoms with Gasteiger partial charge in [-0.2, -0.15) is 0 Å². The molecule has 8 N–H and O–H groups in total. The van der Waals surface area contributed by atoms with Gasteiger partial charge in [-0.25, -0.2) is 0 Å². The summed E-state index contributed by atoms with van der Waals surface area (Å²) in [6.45, 7) is 3.26. The molecular weight excluding hydrogens is 594 g/mol. The number of hydrogen-bond acceptors (Lipinski definition) is 10. The minimum atomic E-state index is -1.66. The summed E-state index contributed by atoms with van der Waals surface area (Å²) in [7, 11) is 0. The van der Waals surface area contributed by atoms with Crippen LogP contribution in [0.25, 0.3) is 0 Å². The quantitative estimate of drug-likeness (QED) is 0.0481. The van der Waals surface area contributed by atoms with Crippen molar-refractivity contribution in [3.05, 3.63) is 24.3 Å². The Bertz CT molecular complexity index is 810. The van der Waals surface area contributed by atoms with Gasteiger partial charge >= 0.3 is 0 Å². The third-order valence-electron chi connectivity index (χ3n) is 8.48. The van der Waals surface area contributed by atoms with Crippen LogP contribution in [-0.2, 0) is 14.3 Å². The lowest BCUT2D eigenvalue weighted by Crippen LogP contribution is -2.60. The van der Waals surface area contributed by atoms with Gasteiger partial charge in [0.2, 0.25) is 5.91 Å². The molecule has 11 heteroatoms. The van der Waals surface area contributed by atoms with Gasteiger partial charge in [-0.05, 0) is 64.2 Å². The third-order valence-corrected chi connectivity index (χ3v) is 8.48. The van der Waals surface area contributed by atoms with Gasteiger partial charge in [-0.3, -0.25) is 4.79 Å². The molecule has 0 bridgehead atoms. The number of carbonyl (C=O) groups is 1. The van der Waals surface area contributed by atoms with Crippen LogP contribution in [0.3, 0.4) is 0 Å². The third kappa shape index (κ3) is 17.7. The summed E-state index contributed by atoms with van der Waals surface area (Å²) < 4.78 is 11.0. The Hall–Kier alpha value is -1.41. The van der Waals surface area contributed by atoms with Crippen LogP contribution >= 0.6 is 0 Å². The summed E-state index contributed by atoms with van der Waals surface area (Å²) in [4.78, 5) is 12.9. The van der Waals surface area contributed by atoms with E-state index < -0.39 is 74.2 Å². The van der Waals surface area contributed by atoms with Crippen molar-refractivity contribution in [2.75, 3.05) is 13.2 Å². The van der Waals surface area contributed by atoms with Gasteiger partial charge in [0.15, 0.2) is 6.29 Å². The van der Waals surface area contributed by atoms with Crippen molar-refractivity contribution in [1.29, 1.82) is 0 Å². The highest BCUT2D eigenvalue weighted by Crippen LogP contribution is 2.23. The molecule has 1 heterocycles. The fraction of sp³-hybridized carbons (Fsp3) is 0.857. The van der Waals surface area contributed by atoms with E-state index >= 15 is 0 Å². The average Bonchev–Trinajstić information content (AvgIpc) is 3.05. The van der Waals surface area contributed by atoms with Gasteiger partial charge in [0.1, 0.15) is 36.6 Å². The molecule has 1 aliphatic heterocycles. The van der Waals surface area contributed by atoms with Crippen molar-refractivity contribution in [2.45, 2.75) is 178 Å². The fourth-order valence-corrected chi connectivity index (χ4v) is 5.37. The molecule has 1 amide bonds. The molecule has 0 aliphatic carbocycles. The smallest absolute Gasteiger partial charge is 0.249 e. The van der Waals surface area contributed by atoms with E-state index in [0.717, 1.165) is 57.8 Å². The largest absolute Gasteiger partial charge is 0.394 e. The second-order valence-electron chi connectivity index (χ2n) is 12.6. The molecular formula is C35H65NO10. The summed E-state index contributed by atoms with van der Waals surface area (Å²) in [6.07, 6.45) is 12.7. The Morgan fingerprint density at radius 3 is 1.85 bits per heavy atom. The maximum Gasteiger partial charge on any atom is 0.249 e. The molecule has 1 saturated heterocycles. The van der Waals surface area contributed by atoms with E-state index in [1.54, 1.807) is 0 Å². The van der Waals surface area contributed by atoms with Crippen molar-refractivity contribution in [3.8, 4) is 0 Å². The minimum absolute atomic E-state index is 0.238. The number of aliphatic hydroxyl groups is 7. The van der Waals surface area contributed by atoms with Crippen LogP contribution in [0.1, 0.15) is 123 Å². The van der Waals surface area contributed by atoms with Crippen molar-refractivity contribution in [2.24, 2.45) is 0 Å². The Balaban J connectivity index is 2.65. The van der Waals surface area contributed by atoms with Crippen LogP contribution in [0.5, 0.6) is 0 Å². The number of amides is 1. The Morgan fingerprint density at radius 1 is 0.739 bits per heavy atom. The number of hydrogen-bond donors (Lipinski definition) is 8. The summed E-state index contributed by atoms with van der Waals surface area (Å²) in [6, 6.07) is -1.18. The molecule has 0 aromatic heterocycles. The predicted molar refractivity (Wildman–Crippen MR) is 178 cm³/mol. The first-order valence-electron chi connectivity index (χ1n) is 17.7. The van der Waals surface area contributed by atoms with E-state index in [1.165, 1.54) is 25.7 Å². The van der Waals surface area contributed by atoms with E-state index in [-0.39, 0.29) is 12.8 Å². The summed E-state index contributed by atoms with van der Waals surface area (Å²) in [5.74, 6) is -0.723. The highest BCUT2D eigenvalue weighted by atomic mass is 16.7. The Kier molecular flexibility index (Phi) is 24.6. The molecule has 1 fully saturated rings. The normalized spacial score (nSPS) is 24.8. The first-order chi connectivity index (χ1) is 22.2. The topological polar surface area (TPSA) is 189 Å². The van der Waals surface area contributed by atoms with E-state index in [4.69, 9.17) is 9.47 Å². The molecule has 11 nitrogen and oxygen atoms in total. The van der Waals surface area contributed by atoms with Gasteiger partial charge in [0.25, 0.3) is 0 Å². The predicted octanol–water partition coefficient (Wildman–Crippen LogP) is 3.15. The highest BCUT2D eigenvalue weighted by molar-refractivity contribution is 5.80. The zero-order valence-electron chi connectivity index (χ0n) is 28.3. The maximum absolute atomic E-state index is 12.9. The van der Waals surface area contributed by atoms with Crippen LogP contribution in [0.15, 0.2) is 24.3 Å². The molecule has 9 atom stereocenters. The van der Waals surface area contributed by atoms with E-state index in [0.29, 0.717) is 12.8 Å². The molecule has 9 unspecified atom stereocenters. The lowest BCUT2D eigenvalue weighted by atomic mass is 9.98. The zero-order chi connectivity index (χ0) is 34.2. The van der Waals surface area contributed by atoms with Crippen molar-refractivity contribution in [3.63, 3.8) is 0 Å². The number of allylic oxidation sites excluding steroid dienone is 4. The van der Waals surface area contributed by atoms with Crippen LogP contribution in [0, 0.1) is 0 Å². The molecule has 0 saturated carbocycles. The monoisotopic (exact) mass is 659 g/mol. The molecule has 0 aromatic rings. The molecule has 1 rings (SSSR count). The summed E-state index contributed by atoms with van der Waals surface area (Å²) >= 11 is 0. The fourth-order valence-electron chi connectivity index (χ4n) is 5.37. The van der Waals surface area contributed by atoms with Crippen LogP contribution in [0.4, 0.5) is 0 Å². The van der Waals surface area contributed by atoms with Crippen molar-refractivity contribution < 1.29 is 50.0 Å². The van der Waals surface area contributed by atoms with Crippen molar-refractivity contribution >= 4 is 5.91 Å². The first-order valence-corrected chi connectivity index (χ1v) is 17.7. The lowest BCUT2D eigenvalue weighted by Gasteiger charge is -2.40. The average molecular weight is 660 g/mol. The number of rotatable bonds is 27. The second kappa shape index (κ2) is 26.5. The first kappa shape index (κ1) is 42.6. The standard InChI is InChI=1S/C35H65NO10/c1-3-5-7-9-11-13-14-15-17-19-21-23-28(39)34(44)36-26(25-45-35-33(43)32(42)31(41)29(24-37)46-35)30(40)27(38)22-20-18-16-12-10-8-6-4-2/h11-13,16,26-33,35,37-43H,3-10,14-15,17-25H2,1-2H3,(H,36,44)/b13-11-,16-12+. The Labute approximate surface area is 276 Å². The molecule has 46 heavy (non-hydrogen) atoms. The number of ether oxygens (including phenoxy) is 2. The molecule has 0 radical (unpaired) electrons. The van der Waals surface area contributed by atoms with Gasteiger partial charge < -0.3 is 50.5 Å². The van der Waals surface area contributed by atoms with Gasteiger partial charge in [0.05, 0.1) is 25.4 Å². The van der Waals surface area contributed by atoms with Gasteiger partial charge in [0, 0.05) is 0 Å². The zero-order valence-corrected chi connectivity index (χ0v) is 28.3. The van der Waals surface area contributed by atoms with E-state index in [2.05, 4.69) is 43.5 Å². The lowest BCUT2D eigenvalue weighted by molar-refractivity contribution is -0.303. The number of unbranched alkanes of at least 4 members (excludes halogenated alkanes) is 11. The molecule has 0 spiro atoms. The SMILES string of the molecule is CCCCC/C=C\CCCCCCC(O)C(=O)NC(COC1OC(CO)C(O)C(O)C1O)C(O)C(O)CCC/C=C/CCCCC. The van der Waals surface area contributed by atoms with Gasteiger partial charge in [-0.1, -0.05) is 83.1 Å². The summed E-state index contributed by atoms with van der Waals surface area (Å²) in [5.41, 5.74) is 0. The number of carbonyl (C=O) groups excluding carboxylic acids is 1. The van der Waals surface area contributed by atoms with E-state index in [1.807, 2.05) is 0 Å². The maximum atomic E-state index is 12.9.